The van der Waals surface area contributed by atoms with Crippen LogP contribution in [0.3, 0.4) is 0 Å². The van der Waals surface area contributed by atoms with E-state index in [1.54, 1.807) is 0 Å². The van der Waals surface area contributed by atoms with Crippen molar-refractivity contribution in [3.63, 3.8) is 0 Å². The van der Waals surface area contributed by atoms with Crippen LogP contribution in [0.25, 0.3) is 0 Å². The Hall–Kier alpha value is -0.0400. The predicted molar refractivity (Wildman–Crippen MR) is 96.8 cm³/mol. The molecule has 0 aromatic rings. The molecule has 1 atom stereocenters. The minimum atomic E-state index is 0. The van der Waals surface area contributed by atoms with Gasteiger partial charge in [-0.05, 0) is 45.2 Å². The second kappa shape index (κ2) is 9.82. The maximum absolute atomic E-state index is 6.03. The number of rotatable bonds is 5. The molecular weight excluding hydrogens is 363 g/mol. The van der Waals surface area contributed by atoms with Crippen LogP contribution >= 0.6 is 24.0 Å². The van der Waals surface area contributed by atoms with Gasteiger partial charge in [0.2, 0.25) is 0 Å². The van der Waals surface area contributed by atoms with Crippen LogP contribution in [-0.2, 0) is 0 Å². The van der Waals surface area contributed by atoms with E-state index in [9.17, 15) is 0 Å². The van der Waals surface area contributed by atoms with E-state index in [0.717, 1.165) is 6.54 Å². The Bertz CT molecular complexity index is 284. The van der Waals surface area contributed by atoms with Gasteiger partial charge in [-0.1, -0.05) is 26.2 Å². The molecule has 4 nitrogen and oxygen atoms in total. The Morgan fingerprint density at radius 1 is 1.20 bits per heavy atom. The molecule has 0 aromatic heterocycles. The molecule has 1 unspecified atom stereocenters. The first-order valence-electron chi connectivity index (χ1n) is 8.10. The molecule has 0 spiro atoms. The highest BCUT2D eigenvalue weighted by molar-refractivity contribution is 14.0. The number of halogens is 1. The first-order chi connectivity index (χ1) is 9.29. The first-order valence-corrected chi connectivity index (χ1v) is 8.10. The Kier molecular flexibility index (Phi) is 8.84. The number of nitrogens with zero attached hydrogens (tertiary/aromatic N) is 2. The molecule has 2 aliphatic rings. The number of hydrogen-bond donors (Lipinski definition) is 2. The standard InChI is InChI=1S/C15H30N4.HI/c1-2-14(19-10-6-7-11-19)12-17-15(16)18-13-8-4-3-5-9-13;/h13-14H,2-12H2,1H3,(H3,16,17,18);1H. The molecule has 1 heterocycles. The maximum Gasteiger partial charge on any atom is 0.188 e. The normalized spacial score (nSPS) is 23.4. The molecule has 1 aliphatic heterocycles. The molecule has 2 fully saturated rings. The second-order valence-electron chi connectivity index (χ2n) is 6.01. The summed E-state index contributed by atoms with van der Waals surface area (Å²) >= 11 is 0. The van der Waals surface area contributed by atoms with Gasteiger partial charge >= 0.3 is 0 Å². The van der Waals surface area contributed by atoms with Gasteiger partial charge in [0.05, 0.1) is 6.54 Å². The van der Waals surface area contributed by atoms with Crippen LogP contribution in [0, 0.1) is 0 Å². The second-order valence-corrected chi connectivity index (χ2v) is 6.01. The summed E-state index contributed by atoms with van der Waals surface area (Å²) in [6, 6.07) is 1.14. The van der Waals surface area contributed by atoms with E-state index in [-0.39, 0.29) is 24.0 Å². The molecule has 2 rings (SSSR count). The fourth-order valence-electron chi connectivity index (χ4n) is 3.31. The summed E-state index contributed by atoms with van der Waals surface area (Å²) in [6.45, 7) is 5.58. The molecule has 1 aliphatic carbocycles. The van der Waals surface area contributed by atoms with Crippen molar-refractivity contribution in [2.45, 2.75) is 70.4 Å². The predicted octanol–water partition coefficient (Wildman–Crippen LogP) is 2.72. The lowest BCUT2D eigenvalue weighted by atomic mass is 9.96. The summed E-state index contributed by atoms with van der Waals surface area (Å²) in [5.74, 6) is 0.657. The van der Waals surface area contributed by atoms with Crippen LogP contribution in [0.1, 0.15) is 58.3 Å². The zero-order valence-electron chi connectivity index (χ0n) is 12.8. The van der Waals surface area contributed by atoms with Crippen molar-refractivity contribution in [2.24, 2.45) is 10.7 Å². The molecule has 3 N–H and O–H groups in total. The number of aliphatic imine (C=N–C) groups is 1. The number of likely N-dealkylation sites (tertiary alicyclic amines) is 1. The third-order valence-electron chi connectivity index (χ3n) is 4.56. The molecule has 0 radical (unpaired) electrons. The number of hydrogen-bond acceptors (Lipinski definition) is 2. The largest absolute Gasteiger partial charge is 0.370 e. The highest BCUT2D eigenvalue weighted by Crippen LogP contribution is 2.17. The topological polar surface area (TPSA) is 53.6 Å². The Balaban J connectivity index is 0.00000200. The SMILES string of the molecule is CCC(CN=C(N)NC1CCCCC1)N1CCCC1.I. The number of nitrogens with two attached hydrogens (primary N) is 1. The van der Waals surface area contributed by atoms with E-state index < -0.39 is 0 Å². The summed E-state index contributed by atoms with van der Waals surface area (Å²) in [5.41, 5.74) is 6.03. The van der Waals surface area contributed by atoms with Crippen molar-refractivity contribution in [2.75, 3.05) is 19.6 Å². The van der Waals surface area contributed by atoms with E-state index >= 15 is 0 Å². The molecular formula is C15H31IN4. The van der Waals surface area contributed by atoms with Crippen LogP contribution in [0.2, 0.25) is 0 Å². The average molecular weight is 394 g/mol. The minimum absolute atomic E-state index is 0. The summed E-state index contributed by atoms with van der Waals surface area (Å²) in [4.78, 5) is 7.14. The summed E-state index contributed by atoms with van der Waals surface area (Å²) in [6.07, 6.45) is 10.4. The van der Waals surface area contributed by atoms with Crippen molar-refractivity contribution in [3.05, 3.63) is 0 Å². The fourth-order valence-corrected chi connectivity index (χ4v) is 3.31. The van der Waals surface area contributed by atoms with Crippen molar-refractivity contribution in [1.82, 2.24) is 10.2 Å². The van der Waals surface area contributed by atoms with E-state index in [2.05, 4.69) is 22.1 Å². The smallest absolute Gasteiger partial charge is 0.188 e. The lowest BCUT2D eigenvalue weighted by Gasteiger charge is -2.26. The molecule has 0 aromatic carbocycles. The monoisotopic (exact) mass is 394 g/mol. The summed E-state index contributed by atoms with van der Waals surface area (Å²) in [5, 5.41) is 3.40. The third kappa shape index (κ3) is 5.76. The summed E-state index contributed by atoms with van der Waals surface area (Å²) < 4.78 is 0. The summed E-state index contributed by atoms with van der Waals surface area (Å²) in [7, 11) is 0. The van der Waals surface area contributed by atoms with Gasteiger partial charge in [-0.25, -0.2) is 0 Å². The Morgan fingerprint density at radius 2 is 1.85 bits per heavy atom. The van der Waals surface area contributed by atoms with Crippen LogP contribution in [0.5, 0.6) is 0 Å². The fraction of sp³-hybridized carbons (Fsp3) is 0.933. The van der Waals surface area contributed by atoms with Crippen molar-refractivity contribution in [3.8, 4) is 0 Å². The molecule has 5 heteroatoms. The van der Waals surface area contributed by atoms with Gasteiger partial charge in [0.1, 0.15) is 0 Å². The molecule has 0 amide bonds. The van der Waals surface area contributed by atoms with E-state index in [4.69, 9.17) is 5.73 Å². The van der Waals surface area contributed by atoms with Crippen molar-refractivity contribution < 1.29 is 0 Å². The van der Waals surface area contributed by atoms with Crippen molar-refractivity contribution >= 4 is 29.9 Å². The molecule has 0 bridgehead atoms. The lowest BCUT2D eigenvalue weighted by Crippen LogP contribution is -2.42. The zero-order chi connectivity index (χ0) is 13.5. The zero-order valence-corrected chi connectivity index (χ0v) is 15.1. The number of nitrogens with one attached hydrogen (secondary N) is 1. The van der Waals surface area contributed by atoms with Crippen molar-refractivity contribution in [1.29, 1.82) is 0 Å². The number of guanidine groups is 1. The minimum Gasteiger partial charge on any atom is -0.370 e. The van der Waals surface area contributed by atoms with Gasteiger partial charge in [-0.15, -0.1) is 24.0 Å². The van der Waals surface area contributed by atoms with E-state index in [1.807, 2.05) is 0 Å². The van der Waals surface area contributed by atoms with Gasteiger partial charge in [0.25, 0.3) is 0 Å². The van der Waals surface area contributed by atoms with Gasteiger partial charge in [0, 0.05) is 12.1 Å². The van der Waals surface area contributed by atoms with E-state index in [0.29, 0.717) is 18.0 Å². The Morgan fingerprint density at radius 3 is 2.45 bits per heavy atom. The molecule has 118 valence electrons. The van der Waals surface area contributed by atoms with Gasteiger partial charge in [-0.2, -0.15) is 0 Å². The average Bonchev–Trinajstić information content (AvgIpc) is 2.95. The van der Waals surface area contributed by atoms with Crippen LogP contribution in [0.4, 0.5) is 0 Å². The molecule has 1 saturated heterocycles. The highest BCUT2D eigenvalue weighted by Gasteiger charge is 2.20. The van der Waals surface area contributed by atoms with Gasteiger partial charge in [0.15, 0.2) is 5.96 Å². The third-order valence-corrected chi connectivity index (χ3v) is 4.56. The Labute approximate surface area is 141 Å². The first kappa shape index (κ1) is 18.0. The molecule has 20 heavy (non-hydrogen) atoms. The maximum atomic E-state index is 6.03. The highest BCUT2D eigenvalue weighted by atomic mass is 127. The van der Waals surface area contributed by atoms with Crippen LogP contribution in [0.15, 0.2) is 4.99 Å². The van der Waals surface area contributed by atoms with E-state index in [1.165, 1.54) is 64.5 Å². The molecule has 1 saturated carbocycles. The van der Waals surface area contributed by atoms with Crippen LogP contribution in [-0.4, -0.2) is 42.6 Å². The van der Waals surface area contributed by atoms with Gasteiger partial charge < -0.3 is 11.1 Å². The van der Waals surface area contributed by atoms with Gasteiger partial charge in [-0.3, -0.25) is 9.89 Å². The quantitative estimate of drug-likeness (QED) is 0.428. The lowest BCUT2D eigenvalue weighted by molar-refractivity contribution is 0.242. The van der Waals surface area contributed by atoms with Crippen LogP contribution < -0.4 is 11.1 Å².